The molecule has 0 saturated carbocycles. The van der Waals surface area contributed by atoms with E-state index in [2.05, 4.69) is 11.9 Å². The molecule has 1 aromatic rings. The van der Waals surface area contributed by atoms with E-state index in [1.54, 1.807) is 0 Å². The van der Waals surface area contributed by atoms with E-state index in [1.165, 1.54) is 11.1 Å². The zero-order valence-electron chi connectivity index (χ0n) is 8.02. The van der Waals surface area contributed by atoms with Crippen LogP contribution in [0.15, 0.2) is 6.20 Å². The normalized spacial score (nSPS) is 13.3. The largest absolute Gasteiger partial charge is 0.387 e. The quantitative estimate of drug-likeness (QED) is 0.712. The molecule has 0 saturated heterocycles. The fraction of sp³-hybridized carbons (Fsp3) is 0.600. The topological polar surface area (TPSA) is 36.0 Å². The van der Waals surface area contributed by atoms with E-state index in [0.29, 0.717) is 0 Å². The maximum atomic E-state index is 9.68. The number of aliphatic hydroxyl groups is 1. The Labute approximate surface area is 73.6 Å². The third-order valence-corrected chi connectivity index (χ3v) is 2.34. The standard InChI is InChI=1S/C10H17NO/c1-4-5-9(12)10-8(3)7(2)6-11-10/h6,9,11-12H,4-5H2,1-3H3. The van der Waals surface area contributed by atoms with Crippen LogP contribution in [0.25, 0.3) is 0 Å². The summed E-state index contributed by atoms with van der Waals surface area (Å²) >= 11 is 0. The van der Waals surface area contributed by atoms with Gasteiger partial charge in [-0.2, -0.15) is 0 Å². The molecule has 0 aromatic carbocycles. The molecule has 0 amide bonds. The van der Waals surface area contributed by atoms with Crippen molar-refractivity contribution in [2.45, 2.75) is 39.7 Å². The highest BCUT2D eigenvalue weighted by molar-refractivity contribution is 5.29. The van der Waals surface area contributed by atoms with Crippen molar-refractivity contribution in [1.82, 2.24) is 4.98 Å². The van der Waals surface area contributed by atoms with Crippen LogP contribution in [0.3, 0.4) is 0 Å². The SMILES string of the molecule is CCCC(O)c1[nH]cc(C)c1C. The number of nitrogens with one attached hydrogen (secondary N) is 1. The molecular formula is C10H17NO. The highest BCUT2D eigenvalue weighted by Gasteiger charge is 2.11. The van der Waals surface area contributed by atoms with E-state index in [4.69, 9.17) is 0 Å². The van der Waals surface area contributed by atoms with Crippen LogP contribution in [-0.4, -0.2) is 10.1 Å². The Hall–Kier alpha value is -0.760. The third-order valence-electron chi connectivity index (χ3n) is 2.34. The van der Waals surface area contributed by atoms with Gasteiger partial charge in [0.25, 0.3) is 0 Å². The Bertz CT molecular complexity index is 252. The zero-order valence-corrected chi connectivity index (χ0v) is 8.02. The lowest BCUT2D eigenvalue weighted by Crippen LogP contribution is -1.98. The zero-order chi connectivity index (χ0) is 9.14. The molecule has 1 unspecified atom stereocenters. The summed E-state index contributed by atoms with van der Waals surface area (Å²) in [7, 11) is 0. The lowest BCUT2D eigenvalue weighted by molar-refractivity contribution is 0.161. The van der Waals surface area contributed by atoms with Crippen LogP contribution in [0.5, 0.6) is 0 Å². The van der Waals surface area contributed by atoms with Gasteiger partial charge in [0.05, 0.1) is 6.10 Å². The Morgan fingerprint density at radius 1 is 1.50 bits per heavy atom. The van der Waals surface area contributed by atoms with Gasteiger partial charge in [-0.1, -0.05) is 13.3 Å². The number of hydrogen-bond acceptors (Lipinski definition) is 1. The van der Waals surface area contributed by atoms with Crippen LogP contribution in [0.1, 0.15) is 42.7 Å². The molecule has 68 valence electrons. The molecule has 1 aromatic heterocycles. The lowest BCUT2D eigenvalue weighted by atomic mass is 10.1. The van der Waals surface area contributed by atoms with Crippen molar-refractivity contribution in [3.63, 3.8) is 0 Å². The Morgan fingerprint density at radius 2 is 2.17 bits per heavy atom. The van der Waals surface area contributed by atoms with E-state index in [0.717, 1.165) is 18.5 Å². The molecular weight excluding hydrogens is 150 g/mol. The molecule has 1 rings (SSSR count). The molecule has 0 radical (unpaired) electrons. The van der Waals surface area contributed by atoms with Crippen LogP contribution >= 0.6 is 0 Å². The fourth-order valence-corrected chi connectivity index (χ4v) is 1.38. The molecule has 2 heteroatoms. The van der Waals surface area contributed by atoms with Crippen LogP contribution < -0.4 is 0 Å². The summed E-state index contributed by atoms with van der Waals surface area (Å²) < 4.78 is 0. The maximum absolute atomic E-state index is 9.68. The van der Waals surface area contributed by atoms with E-state index in [-0.39, 0.29) is 6.10 Å². The Balaban J connectivity index is 2.80. The highest BCUT2D eigenvalue weighted by Crippen LogP contribution is 2.22. The fourth-order valence-electron chi connectivity index (χ4n) is 1.38. The summed E-state index contributed by atoms with van der Waals surface area (Å²) in [6, 6.07) is 0. The predicted molar refractivity (Wildman–Crippen MR) is 50.1 cm³/mol. The van der Waals surface area contributed by atoms with Crippen LogP contribution in [0.2, 0.25) is 0 Å². The highest BCUT2D eigenvalue weighted by atomic mass is 16.3. The van der Waals surface area contributed by atoms with E-state index in [1.807, 2.05) is 20.0 Å². The number of aryl methyl sites for hydroxylation is 1. The van der Waals surface area contributed by atoms with Gasteiger partial charge in [0.15, 0.2) is 0 Å². The summed E-state index contributed by atoms with van der Waals surface area (Å²) in [6.07, 6.45) is 3.48. The van der Waals surface area contributed by atoms with Gasteiger partial charge in [-0.3, -0.25) is 0 Å². The monoisotopic (exact) mass is 167 g/mol. The molecule has 1 heterocycles. The first-order valence-corrected chi connectivity index (χ1v) is 4.49. The van der Waals surface area contributed by atoms with Gasteiger partial charge in [0, 0.05) is 11.9 Å². The summed E-state index contributed by atoms with van der Waals surface area (Å²) in [5, 5.41) is 9.68. The van der Waals surface area contributed by atoms with E-state index >= 15 is 0 Å². The lowest BCUT2D eigenvalue weighted by Gasteiger charge is -2.08. The first-order valence-electron chi connectivity index (χ1n) is 4.49. The molecule has 0 fully saturated rings. The van der Waals surface area contributed by atoms with Crippen LogP contribution in [0.4, 0.5) is 0 Å². The van der Waals surface area contributed by atoms with Crippen LogP contribution in [-0.2, 0) is 0 Å². The van der Waals surface area contributed by atoms with Gasteiger partial charge in [-0.15, -0.1) is 0 Å². The van der Waals surface area contributed by atoms with Crippen molar-refractivity contribution in [3.05, 3.63) is 23.0 Å². The molecule has 2 N–H and O–H groups in total. The second-order valence-corrected chi connectivity index (χ2v) is 3.31. The van der Waals surface area contributed by atoms with Gasteiger partial charge in [0.2, 0.25) is 0 Å². The Kier molecular flexibility index (Phi) is 2.93. The van der Waals surface area contributed by atoms with Crippen molar-refractivity contribution in [1.29, 1.82) is 0 Å². The van der Waals surface area contributed by atoms with Gasteiger partial charge in [-0.05, 0) is 31.4 Å². The average molecular weight is 167 g/mol. The molecule has 0 aliphatic heterocycles. The van der Waals surface area contributed by atoms with Crippen molar-refractivity contribution < 1.29 is 5.11 Å². The van der Waals surface area contributed by atoms with Crippen LogP contribution in [0, 0.1) is 13.8 Å². The van der Waals surface area contributed by atoms with Crippen molar-refractivity contribution >= 4 is 0 Å². The second kappa shape index (κ2) is 3.76. The minimum Gasteiger partial charge on any atom is -0.387 e. The maximum Gasteiger partial charge on any atom is 0.0940 e. The van der Waals surface area contributed by atoms with Crippen molar-refractivity contribution in [2.24, 2.45) is 0 Å². The number of aromatic amines is 1. The summed E-state index contributed by atoms with van der Waals surface area (Å²) in [5.74, 6) is 0. The summed E-state index contributed by atoms with van der Waals surface area (Å²) in [5.41, 5.74) is 3.39. The summed E-state index contributed by atoms with van der Waals surface area (Å²) in [4.78, 5) is 3.11. The minimum atomic E-state index is -0.316. The van der Waals surface area contributed by atoms with Gasteiger partial charge < -0.3 is 10.1 Å². The molecule has 0 bridgehead atoms. The average Bonchev–Trinajstić information content (AvgIpc) is 2.34. The molecule has 0 aliphatic carbocycles. The predicted octanol–water partition coefficient (Wildman–Crippen LogP) is 2.47. The first kappa shape index (κ1) is 9.33. The van der Waals surface area contributed by atoms with E-state index < -0.39 is 0 Å². The number of H-pyrrole nitrogens is 1. The Morgan fingerprint density at radius 3 is 2.58 bits per heavy atom. The number of rotatable bonds is 3. The second-order valence-electron chi connectivity index (χ2n) is 3.31. The third kappa shape index (κ3) is 1.69. The number of aliphatic hydroxyl groups excluding tert-OH is 1. The van der Waals surface area contributed by atoms with Gasteiger partial charge in [0.1, 0.15) is 0 Å². The van der Waals surface area contributed by atoms with Gasteiger partial charge >= 0.3 is 0 Å². The molecule has 1 atom stereocenters. The van der Waals surface area contributed by atoms with Crippen molar-refractivity contribution in [2.75, 3.05) is 0 Å². The summed E-state index contributed by atoms with van der Waals surface area (Å²) in [6.45, 7) is 6.17. The molecule has 0 spiro atoms. The molecule has 12 heavy (non-hydrogen) atoms. The minimum absolute atomic E-state index is 0.316. The smallest absolute Gasteiger partial charge is 0.0940 e. The molecule has 2 nitrogen and oxygen atoms in total. The first-order chi connectivity index (χ1) is 5.66. The number of hydrogen-bond donors (Lipinski definition) is 2. The van der Waals surface area contributed by atoms with Gasteiger partial charge in [-0.25, -0.2) is 0 Å². The number of aromatic nitrogens is 1. The van der Waals surface area contributed by atoms with Crippen molar-refractivity contribution in [3.8, 4) is 0 Å². The molecule has 0 aliphatic rings. The van der Waals surface area contributed by atoms with E-state index in [9.17, 15) is 5.11 Å².